The van der Waals surface area contributed by atoms with Gasteiger partial charge in [-0.15, -0.1) is 0 Å². The second-order valence-electron chi connectivity index (χ2n) is 4.61. The topological polar surface area (TPSA) is 42.1 Å². The standard InChI is InChI=1S/C12H17N3S/c13-9-1-4-12(14-7-9)15(10-2-3-10)11-5-6-16-8-11/h1,4,7,10-11H,2-3,5-6,8,13H2/t11-/m0/s1. The molecule has 0 amide bonds. The highest BCUT2D eigenvalue weighted by Gasteiger charge is 2.36. The molecule has 0 radical (unpaired) electrons. The number of aromatic nitrogens is 1. The van der Waals surface area contributed by atoms with Crippen molar-refractivity contribution in [3.05, 3.63) is 18.3 Å². The monoisotopic (exact) mass is 235 g/mol. The molecule has 1 aliphatic heterocycles. The highest BCUT2D eigenvalue weighted by atomic mass is 32.2. The number of anilines is 2. The molecule has 2 heterocycles. The number of hydrogen-bond donors (Lipinski definition) is 1. The first kappa shape index (κ1) is 10.3. The van der Waals surface area contributed by atoms with Gasteiger partial charge in [-0.2, -0.15) is 11.8 Å². The van der Waals surface area contributed by atoms with Crippen LogP contribution >= 0.6 is 11.8 Å². The molecule has 0 bridgehead atoms. The molecule has 3 nitrogen and oxygen atoms in total. The van der Waals surface area contributed by atoms with Crippen LogP contribution in [0.1, 0.15) is 19.3 Å². The van der Waals surface area contributed by atoms with E-state index in [1.165, 1.54) is 30.8 Å². The van der Waals surface area contributed by atoms with Crippen molar-refractivity contribution in [2.75, 3.05) is 22.1 Å². The molecule has 1 saturated carbocycles. The molecule has 86 valence electrons. The van der Waals surface area contributed by atoms with Crippen LogP contribution in [0.2, 0.25) is 0 Å². The Morgan fingerprint density at radius 2 is 2.12 bits per heavy atom. The van der Waals surface area contributed by atoms with E-state index in [0.29, 0.717) is 6.04 Å². The van der Waals surface area contributed by atoms with Crippen molar-refractivity contribution in [2.24, 2.45) is 0 Å². The lowest BCUT2D eigenvalue weighted by atomic mass is 10.2. The summed E-state index contributed by atoms with van der Waals surface area (Å²) in [5.41, 5.74) is 6.44. The maximum atomic E-state index is 5.69. The first-order chi connectivity index (χ1) is 7.84. The zero-order chi connectivity index (χ0) is 11.0. The number of nitrogen functional groups attached to an aromatic ring is 1. The Morgan fingerprint density at radius 1 is 1.25 bits per heavy atom. The third kappa shape index (κ3) is 1.98. The second-order valence-corrected chi connectivity index (χ2v) is 5.76. The minimum atomic E-state index is 0.689. The summed E-state index contributed by atoms with van der Waals surface area (Å²) < 4.78 is 0. The van der Waals surface area contributed by atoms with Crippen LogP contribution in [0.3, 0.4) is 0 Å². The van der Waals surface area contributed by atoms with E-state index < -0.39 is 0 Å². The third-order valence-corrected chi connectivity index (χ3v) is 4.42. The van der Waals surface area contributed by atoms with Crippen LogP contribution in [0, 0.1) is 0 Å². The predicted octanol–water partition coefficient (Wildman–Crippen LogP) is 2.14. The molecule has 0 unspecified atom stereocenters. The van der Waals surface area contributed by atoms with E-state index in [4.69, 9.17) is 5.73 Å². The lowest BCUT2D eigenvalue weighted by molar-refractivity contribution is 0.632. The van der Waals surface area contributed by atoms with E-state index in [9.17, 15) is 0 Å². The van der Waals surface area contributed by atoms with E-state index in [-0.39, 0.29) is 0 Å². The minimum absolute atomic E-state index is 0.689. The molecule has 1 aromatic heterocycles. The predicted molar refractivity (Wildman–Crippen MR) is 69.9 cm³/mol. The summed E-state index contributed by atoms with van der Waals surface area (Å²) in [5.74, 6) is 3.66. The fourth-order valence-corrected chi connectivity index (χ4v) is 3.52. The fourth-order valence-electron chi connectivity index (χ4n) is 2.32. The van der Waals surface area contributed by atoms with Gasteiger partial charge in [0.05, 0.1) is 11.9 Å². The summed E-state index contributed by atoms with van der Waals surface area (Å²) in [6.45, 7) is 0. The number of thioether (sulfide) groups is 1. The van der Waals surface area contributed by atoms with Crippen LogP contribution < -0.4 is 10.6 Å². The minimum Gasteiger partial charge on any atom is -0.397 e. The highest BCUT2D eigenvalue weighted by molar-refractivity contribution is 7.99. The Hall–Kier alpha value is -0.900. The number of nitrogens with zero attached hydrogens (tertiary/aromatic N) is 2. The van der Waals surface area contributed by atoms with Gasteiger partial charge in [-0.05, 0) is 37.1 Å². The summed E-state index contributed by atoms with van der Waals surface area (Å²) in [5, 5.41) is 0. The number of nitrogens with two attached hydrogens (primary N) is 1. The van der Waals surface area contributed by atoms with Crippen LogP contribution in [-0.4, -0.2) is 28.6 Å². The maximum Gasteiger partial charge on any atom is 0.129 e. The van der Waals surface area contributed by atoms with Crippen LogP contribution in [0.4, 0.5) is 11.5 Å². The molecule has 2 fully saturated rings. The van der Waals surface area contributed by atoms with Crippen molar-refractivity contribution in [1.82, 2.24) is 4.98 Å². The van der Waals surface area contributed by atoms with Gasteiger partial charge < -0.3 is 10.6 Å². The smallest absolute Gasteiger partial charge is 0.129 e. The quantitative estimate of drug-likeness (QED) is 0.871. The van der Waals surface area contributed by atoms with E-state index in [1.807, 2.05) is 6.07 Å². The summed E-state index contributed by atoms with van der Waals surface area (Å²) in [6.07, 6.45) is 5.72. The summed E-state index contributed by atoms with van der Waals surface area (Å²) in [7, 11) is 0. The average Bonchev–Trinajstić information content (AvgIpc) is 2.97. The molecule has 4 heteroatoms. The summed E-state index contributed by atoms with van der Waals surface area (Å²) in [6, 6.07) is 5.45. The van der Waals surface area contributed by atoms with Gasteiger partial charge in [-0.3, -0.25) is 0 Å². The van der Waals surface area contributed by atoms with Gasteiger partial charge in [0, 0.05) is 17.8 Å². The van der Waals surface area contributed by atoms with Crippen LogP contribution in [0.5, 0.6) is 0 Å². The highest BCUT2D eigenvalue weighted by Crippen LogP contribution is 2.36. The zero-order valence-corrected chi connectivity index (χ0v) is 10.1. The summed E-state index contributed by atoms with van der Waals surface area (Å²) >= 11 is 2.06. The van der Waals surface area contributed by atoms with Crippen molar-refractivity contribution < 1.29 is 0 Å². The van der Waals surface area contributed by atoms with E-state index in [1.54, 1.807) is 6.20 Å². The van der Waals surface area contributed by atoms with Crippen molar-refractivity contribution in [3.63, 3.8) is 0 Å². The Kier molecular flexibility index (Phi) is 2.67. The van der Waals surface area contributed by atoms with E-state index >= 15 is 0 Å². The fraction of sp³-hybridized carbons (Fsp3) is 0.583. The van der Waals surface area contributed by atoms with Gasteiger partial charge in [0.1, 0.15) is 5.82 Å². The van der Waals surface area contributed by atoms with Gasteiger partial charge in [0.2, 0.25) is 0 Å². The number of pyridine rings is 1. The molecule has 1 aliphatic carbocycles. The molecule has 3 rings (SSSR count). The molecule has 1 saturated heterocycles. The Morgan fingerprint density at radius 3 is 2.69 bits per heavy atom. The van der Waals surface area contributed by atoms with Crippen molar-refractivity contribution in [3.8, 4) is 0 Å². The first-order valence-electron chi connectivity index (χ1n) is 5.92. The van der Waals surface area contributed by atoms with Gasteiger partial charge in [-0.25, -0.2) is 4.98 Å². The number of hydrogen-bond acceptors (Lipinski definition) is 4. The van der Waals surface area contributed by atoms with Crippen molar-refractivity contribution >= 4 is 23.3 Å². The van der Waals surface area contributed by atoms with Gasteiger partial charge in [-0.1, -0.05) is 0 Å². The van der Waals surface area contributed by atoms with Crippen LogP contribution in [0.25, 0.3) is 0 Å². The largest absolute Gasteiger partial charge is 0.397 e. The molecule has 2 N–H and O–H groups in total. The molecule has 0 spiro atoms. The normalized spacial score (nSPS) is 24.6. The average molecular weight is 235 g/mol. The van der Waals surface area contributed by atoms with E-state index in [0.717, 1.165) is 17.5 Å². The van der Waals surface area contributed by atoms with Crippen LogP contribution in [0.15, 0.2) is 18.3 Å². The van der Waals surface area contributed by atoms with Crippen LogP contribution in [-0.2, 0) is 0 Å². The Labute approximate surface area is 100 Å². The summed E-state index contributed by atoms with van der Waals surface area (Å²) in [4.78, 5) is 7.00. The molecule has 1 aromatic rings. The molecule has 2 aliphatic rings. The first-order valence-corrected chi connectivity index (χ1v) is 7.07. The molecular weight excluding hydrogens is 218 g/mol. The van der Waals surface area contributed by atoms with Gasteiger partial charge in [0.15, 0.2) is 0 Å². The molecule has 0 aromatic carbocycles. The lowest BCUT2D eigenvalue weighted by Gasteiger charge is -2.29. The zero-order valence-electron chi connectivity index (χ0n) is 9.30. The van der Waals surface area contributed by atoms with Gasteiger partial charge in [0.25, 0.3) is 0 Å². The Balaban J connectivity index is 1.84. The third-order valence-electron chi connectivity index (χ3n) is 3.27. The molecule has 1 atom stereocenters. The molecular formula is C12H17N3S. The Bertz CT molecular complexity index is 355. The van der Waals surface area contributed by atoms with E-state index in [2.05, 4.69) is 27.7 Å². The van der Waals surface area contributed by atoms with Gasteiger partial charge >= 0.3 is 0 Å². The SMILES string of the molecule is Nc1ccc(N(C2CC2)[C@H]2CCSC2)nc1. The van der Waals surface area contributed by atoms with Crippen molar-refractivity contribution in [2.45, 2.75) is 31.3 Å². The second kappa shape index (κ2) is 4.17. The molecule has 16 heavy (non-hydrogen) atoms. The number of rotatable bonds is 3. The maximum absolute atomic E-state index is 5.69. The van der Waals surface area contributed by atoms with Crippen molar-refractivity contribution in [1.29, 1.82) is 0 Å². The lowest BCUT2D eigenvalue weighted by Crippen LogP contribution is -2.37.